The number of rotatable bonds is 3. The maximum Gasteiger partial charge on any atom is 0.269 e. The van der Waals surface area contributed by atoms with Gasteiger partial charge in [-0.2, -0.15) is 0 Å². The Bertz CT molecular complexity index is 1030. The summed E-state index contributed by atoms with van der Waals surface area (Å²) in [4.78, 5) is 36.0. The van der Waals surface area contributed by atoms with E-state index < -0.39 is 10.8 Å². The van der Waals surface area contributed by atoms with Gasteiger partial charge in [0.05, 0.1) is 4.92 Å². The number of hydrogen-bond acceptors (Lipinski definition) is 4. The van der Waals surface area contributed by atoms with E-state index in [1.54, 1.807) is 18.2 Å². The fraction of sp³-hybridized carbons (Fsp3) is 0.238. The van der Waals surface area contributed by atoms with Crippen LogP contribution in [0.15, 0.2) is 59.8 Å². The third-order valence-electron chi connectivity index (χ3n) is 5.36. The van der Waals surface area contributed by atoms with E-state index in [2.05, 4.69) is 5.32 Å². The summed E-state index contributed by atoms with van der Waals surface area (Å²) in [7, 11) is 0. The van der Waals surface area contributed by atoms with Crippen molar-refractivity contribution < 1.29 is 14.5 Å². The van der Waals surface area contributed by atoms with Crippen LogP contribution in [0.25, 0.3) is 0 Å². The quantitative estimate of drug-likeness (QED) is 0.620. The number of hydrogen-bond donors (Lipinski definition) is 1. The topological polar surface area (TPSA) is 89.3 Å². The van der Waals surface area contributed by atoms with E-state index in [1.807, 2.05) is 18.2 Å². The van der Waals surface area contributed by atoms with Gasteiger partial charge >= 0.3 is 0 Å². The molecule has 0 unspecified atom stereocenters. The Kier molecular flexibility index (Phi) is 4.73. The summed E-state index contributed by atoms with van der Waals surface area (Å²) in [6.07, 6.45) is 0.897. The van der Waals surface area contributed by atoms with E-state index in [-0.39, 0.29) is 29.7 Å². The lowest BCUT2D eigenvalue weighted by Gasteiger charge is -2.34. The number of carbonyl (C=O) groups excluding carboxylic acids is 2. The average Bonchev–Trinajstić information content (AvgIpc) is 2.67. The van der Waals surface area contributed by atoms with Gasteiger partial charge in [-0.3, -0.25) is 19.7 Å². The zero-order valence-electron chi connectivity index (χ0n) is 14.9. The predicted octanol–water partition coefficient (Wildman–Crippen LogP) is 4.25. The first-order valence-electron chi connectivity index (χ1n) is 8.99. The molecule has 7 heteroatoms. The van der Waals surface area contributed by atoms with Crippen LogP contribution in [0.2, 0.25) is 5.02 Å². The van der Waals surface area contributed by atoms with E-state index in [4.69, 9.17) is 11.6 Å². The van der Waals surface area contributed by atoms with Crippen LogP contribution in [-0.4, -0.2) is 16.6 Å². The van der Waals surface area contributed by atoms with E-state index in [0.29, 0.717) is 34.7 Å². The number of nitro groups is 1. The monoisotopic (exact) mass is 396 g/mol. The number of carbonyl (C=O) groups is 2. The molecular formula is C21H17ClN2O4. The molecule has 4 rings (SSSR count). The summed E-state index contributed by atoms with van der Waals surface area (Å²) < 4.78 is 0. The molecule has 0 spiro atoms. The fourth-order valence-electron chi connectivity index (χ4n) is 4.13. The maximum atomic E-state index is 13.0. The van der Waals surface area contributed by atoms with Gasteiger partial charge in [-0.15, -0.1) is 0 Å². The minimum Gasteiger partial charge on any atom is -0.329 e. The van der Waals surface area contributed by atoms with Gasteiger partial charge < -0.3 is 5.32 Å². The number of nitrogens with zero attached hydrogens (tertiary/aromatic N) is 1. The minimum atomic E-state index is -0.474. The van der Waals surface area contributed by atoms with Crippen molar-refractivity contribution in [3.8, 4) is 0 Å². The number of non-ortho nitro benzene ring substituents is 1. The number of amides is 1. The first-order chi connectivity index (χ1) is 13.4. The summed E-state index contributed by atoms with van der Waals surface area (Å²) in [5.41, 5.74) is 2.61. The second kappa shape index (κ2) is 7.20. The molecule has 1 aliphatic carbocycles. The predicted molar refractivity (Wildman–Crippen MR) is 104 cm³/mol. The lowest BCUT2D eigenvalue weighted by atomic mass is 9.73. The molecule has 2 aliphatic rings. The summed E-state index contributed by atoms with van der Waals surface area (Å²) in [6, 6.07) is 13.6. The van der Waals surface area contributed by atoms with Crippen molar-refractivity contribution >= 4 is 29.0 Å². The van der Waals surface area contributed by atoms with Crippen LogP contribution in [0.3, 0.4) is 0 Å². The highest BCUT2D eigenvalue weighted by Crippen LogP contribution is 2.44. The third kappa shape index (κ3) is 3.31. The minimum absolute atomic E-state index is 0.0529. The zero-order chi connectivity index (χ0) is 19.8. The lowest BCUT2D eigenvalue weighted by Crippen LogP contribution is -2.38. The van der Waals surface area contributed by atoms with E-state index in [0.717, 1.165) is 5.56 Å². The SMILES string of the molecule is O=C1C[C@@H](c2cccc([N+](=O)[O-])c2)C2=C(C[C@@H](c3ccccc3Cl)CC2=O)N1. The van der Waals surface area contributed by atoms with Crippen LogP contribution in [0.4, 0.5) is 5.69 Å². The molecule has 6 nitrogen and oxygen atoms in total. The zero-order valence-corrected chi connectivity index (χ0v) is 15.6. The van der Waals surface area contributed by atoms with Gasteiger partial charge in [0.2, 0.25) is 5.91 Å². The molecule has 0 saturated carbocycles. The van der Waals surface area contributed by atoms with Gasteiger partial charge in [0, 0.05) is 47.2 Å². The second-order valence-electron chi connectivity index (χ2n) is 7.10. The number of benzene rings is 2. The fourth-order valence-corrected chi connectivity index (χ4v) is 4.42. The highest BCUT2D eigenvalue weighted by molar-refractivity contribution is 6.31. The Morgan fingerprint density at radius 3 is 2.57 bits per heavy atom. The molecule has 28 heavy (non-hydrogen) atoms. The summed E-state index contributed by atoms with van der Waals surface area (Å²) >= 11 is 6.30. The van der Waals surface area contributed by atoms with Crippen LogP contribution in [0.5, 0.6) is 0 Å². The first kappa shape index (κ1) is 18.4. The van der Waals surface area contributed by atoms with Crippen molar-refractivity contribution in [3.63, 3.8) is 0 Å². The van der Waals surface area contributed by atoms with Crippen molar-refractivity contribution in [3.05, 3.63) is 86.1 Å². The molecular weight excluding hydrogens is 380 g/mol. The van der Waals surface area contributed by atoms with Crippen molar-refractivity contribution in [1.29, 1.82) is 0 Å². The molecule has 0 bridgehead atoms. The smallest absolute Gasteiger partial charge is 0.269 e. The number of ketones is 1. The summed E-state index contributed by atoms with van der Waals surface area (Å²) in [6.45, 7) is 0. The van der Waals surface area contributed by atoms with Crippen molar-refractivity contribution in [1.82, 2.24) is 5.32 Å². The van der Waals surface area contributed by atoms with Crippen LogP contribution >= 0.6 is 11.6 Å². The molecule has 0 fully saturated rings. The van der Waals surface area contributed by atoms with E-state index >= 15 is 0 Å². The van der Waals surface area contributed by atoms with Gasteiger partial charge in [0.15, 0.2) is 5.78 Å². The number of allylic oxidation sites excluding steroid dienone is 2. The Morgan fingerprint density at radius 2 is 1.82 bits per heavy atom. The van der Waals surface area contributed by atoms with Crippen molar-refractivity contribution in [2.75, 3.05) is 0 Å². The van der Waals surface area contributed by atoms with Crippen molar-refractivity contribution in [2.24, 2.45) is 0 Å². The van der Waals surface area contributed by atoms with Crippen molar-refractivity contribution in [2.45, 2.75) is 31.1 Å². The molecule has 0 aromatic heterocycles. The van der Waals surface area contributed by atoms with Gasteiger partial charge in [-0.05, 0) is 29.5 Å². The number of halogens is 1. The first-order valence-corrected chi connectivity index (χ1v) is 9.36. The molecule has 1 heterocycles. The summed E-state index contributed by atoms with van der Waals surface area (Å²) in [5.74, 6) is -0.821. The molecule has 1 amide bonds. The van der Waals surface area contributed by atoms with Crippen LogP contribution < -0.4 is 5.32 Å². The maximum absolute atomic E-state index is 13.0. The van der Waals surface area contributed by atoms with E-state index in [9.17, 15) is 19.7 Å². The van der Waals surface area contributed by atoms with Gasteiger partial charge in [0.1, 0.15) is 0 Å². The number of Topliss-reactive ketones (excluding diaryl/α,β-unsaturated/α-hetero) is 1. The van der Waals surface area contributed by atoms with Gasteiger partial charge in [-0.25, -0.2) is 0 Å². The normalized spacial score (nSPS) is 21.9. The van der Waals surface area contributed by atoms with Crippen LogP contribution in [0, 0.1) is 10.1 Å². The molecule has 0 radical (unpaired) electrons. The molecule has 142 valence electrons. The van der Waals surface area contributed by atoms with Gasteiger partial charge in [0.25, 0.3) is 5.69 Å². The number of nitrogens with one attached hydrogen (secondary N) is 1. The summed E-state index contributed by atoms with van der Waals surface area (Å²) in [5, 5.41) is 14.6. The van der Waals surface area contributed by atoms with E-state index in [1.165, 1.54) is 12.1 Å². The Labute approximate surface area is 166 Å². The number of nitro benzene ring substituents is 1. The van der Waals surface area contributed by atoms with Crippen LogP contribution in [-0.2, 0) is 9.59 Å². The Morgan fingerprint density at radius 1 is 1.04 bits per heavy atom. The lowest BCUT2D eigenvalue weighted by molar-refractivity contribution is -0.384. The Hall–Kier alpha value is -2.99. The molecule has 2 aromatic carbocycles. The molecule has 1 aliphatic heterocycles. The van der Waals surface area contributed by atoms with Crippen LogP contribution in [0.1, 0.15) is 42.2 Å². The Balaban J connectivity index is 1.74. The molecule has 0 saturated heterocycles. The average molecular weight is 397 g/mol. The highest BCUT2D eigenvalue weighted by Gasteiger charge is 2.38. The van der Waals surface area contributed by atoms with Gasteiger partial charge in [-0.1, -0.05) is 41.9 Å². The highest BCUT2D eigenvalue weighted by atomic mass is 35.5. The standard InChI is InChI=1S/C21H17ClN2O4/c22-17-7-2-1-6-15(17)13-9-18-21(19(25)10-13)16(11-20(26)23-18)12-4-3-5-14(8-12)24(27)28/h1-8,13,16H,9-11H2,(H,23,26)/t13-,16+/m1/s1. The molecule has 2 atom stereocenters. The second-order valence-corrected chi connectivity index (χ2v) is 7.51. The third-order valence-corrected chi connectivity index (χ3v) is 5.71. The largest absolute Gasteiger partial charge is 0.329 e. The molecule has 2 aromatic rings. The molecule has 1 N–H and O–H groups in total.